The molecule has 0 rings (SSSR count). The molecule has 0 heterocycles. The number of allylic oxidation sites excluding steroid dienone is 1. The summed E-state index contributed by atoms with van der Waals surface area (Å²) in [6, 6.07) is 0. The minimum Gasteiger partial charge on any atom is -0.306 e. The lowest BCUT2D eigenvalue weighted by Crippen LogP contribution is -2.27. The standard InChI is InChI=1S/C12H26BClNSi/c1-7-11(13(8-2)9-3)12(16(6)14)10-15(4)5/h7-10H2,1-6H3/b12-11+. The predicted molar refractivity (Wildman–Crippen MR) is 80.1 cm³/mol. The topological polar surface area (TPSA) is 3.24 Å². The number of rotatable bonds is 7. The van der Waals surface area contributed by atoms with Crippen molar-refractivity contribution in [3.8, 4) is 0 Å². The molecule has 0 saturated carbocycles. The first-order valence-corrected chi connectivity index (χ1v) is 9.35. The van der Waals surface area contributed by atoms with Crippen LogP contribution >= 0.6 is 11.1 Å². The first-order chi connectivity index (χ1) is 7.47. The van der Waals surface area contributed by atoms with Crippen LogP contribution in [-0.2, 0) is 0 Å². The Bertz CT molecular complexity index is 225. The van der Waals surface area contributed by atoms with Gasteiger partial charge in [0, 0.05) is 6.54 Å². The van der Waals surface area contributed by atoms with E-state index in [2.05, 4.69) is 46.3 Å². The van der Waals surface area contributed by atoms with Crippen molar-refractivity contribution in [2.75, 3.05) is 20.6 Å². The van der Waals surface area contributed by atoms with Crippen LogP contribution in [0.5, 0.6) is 0 Å². The summed E-state index contributed by atoms with van der Waals surface area (Å²) in [5.74, 6) is 0. The third-order valence-electron chi connectivity index (χ3n) is 3.14. The normalized spacial score (nSPS) is 13.3. The van der Waals surface area contributed by atoms with E-state index in [1.165, 1.54) is 17.8 Å². The number of hydrogen-bond donors (Lipinski definition) is 0. The van der Waals surface area contributed by atoms with Gasteiger partial charge in [-0.1, -0.05) is 45.2 Å². The molecule has 0 N–H and O–H groups in total. The molecule has 0 aliphatic carbocycles. The molecule has 0 aliphatic rings. The van der Waals surface area contributed by atoms with Gasteiger partial charge in [0.05, 0.1) is 0 Å². The highest BCUT2D eigenvalue weighted by Crippen LogP contribution is 2.22. The highest BCUT2D eigenvalue weighted by atomic mass is 35.6. The Morgan fingerprint density at radius 1 is 1.19 bits per heavy atom. The first-order valence-electron chi connectivity index (χ1n) is 6.33. The summed E-state index contributed by atoms with van der Waals surface area (Å²) in [7, 11) is 3.42. The molecule has 1 radical (unpaired) electrons. The maximum atomic E-state index is 6.44. The van der Waals surface area contributed by atoms with Crippen molar-refractivity contribution in [3.63, 3.8) is 0 Å². The zero-order valence-corrected chi connectivity index (χ0v) is 13.5. The van der Waals surface area contributed by atoms with Crippen LogP contribution in [0.1, 0.15) is 27.2 Å². The van der Waals surface area contributed by atoms with Gasteiger partial charge in [0.25, 0.3) is 0 Å². The molecule has 0 bridgehead atoms. The second-order valence-electron chi connectivity index (χ2n) is 4.64. The molecule has 0 aromatic rings. The maximum Gasteiger partial charge on any atom is 0.192 e. The Labute approximate surface area is 109 Å². The lowest BCUT2D eigenvalue weighted by Gasteiger charge is -2.23. The van der Waals surface area contributed by atoms with E-state index in [0.29, 0.717) is 0 Å². The second kappa shape index (κ2) is 8.38. The van der Waals surface area contributed by atoms with Gasteiger partial charge >= 0.3 is 0 Å². The van der Waals surface area contributed by atoms with Gasteiger partial charge in [-0.3, -0.25) is 0 Å². The highest BCUT2D eigenvalue weighted by molar-refractivity contribution is 7.10. The molecule has 0 atom stereocenters. The maximum absolute atomic E-state index is 6.44. The molecule has 0 saturated heterocycles. The Balaban J connectivity index is 5.13. The molecule has 1 nitrogen and oxygen atoms in total. The van der Waals surface area contributed by atoms with Gasteiger partial charge in [-0.25, -0.2) is 0 Å². The molecule has 0 aromatic heterocycles. The Hall–Kier alpha value is 0.272. The van der Waals surface area contributed by atoms with Crippen LogP contribution in [0.15, 0.2) is 10.7 Å². The van der Waals surface area contributed by atoms with Crippen LogP contribution in [0.25, 0.3) is 0 Å². The third kappa shape index (κ3) is 5.07. The average Bonchev–Trinajstić information content (AvgIpc) is 2.22. The lowest BCUT2D eigenvalue weighted by atomic mass is 9.40. The number of nitrogens with zero attached hydrogens (tertiary/aromatic N) is 1. The molecular formula is C12H26BClNSi. The van der Waals surface area contributed by atoms with E-state index in [0.717, 1.165) is 19.7 Å². The zero-order valence-electron chi connectivity index (χ0n) is 11.7. The summed E-state index contributed by atoms with van der Waals surface area (Å²) < 4.78 is 0. The van der Waals surface area contributed by atoms with E-state index in [1.54, 1.807) is 5.47 Å². The predicted octanol–water partition coefficient (Wildman–Crippen LogP) is 3.73. The van der Waals surface area contributed by atoms with Crippen LogP contribution in [0.4, 0.5) is 0 Å². The quantitative estimate of drug-likeness (QED) is 0.497. The molecule has 0 amide bonds. The zero-order chi connectivity index (χ0) is 12.7. The van der Waals surface area contributed by atoms with E-state index in [4.69, 9.17) is 11.1 Å². The van der Waals surface area contributed by atoms with Crippen LogP contribution < -0.4 is 0 Å². The largest absolute Gasteiger partial charge is 0.306 e. The van der Waals surface area contributed by atoms with E-state index in [9.17, 15) is 0 Å². The van der Waals surface area contributed by atoms with Gasteiger partial charge in [-0.15, -0.1) is 5.47 Å². The summed E-state index contributed by atoms with van der Waals surface area (Å²) in [6.07, 6.45) is 3.63. The van der Waals surface area contributed by atoms with Crippen LogP contribution in [-0.4, -0.2) is 40.4 Å². The minimum absolute atomic E-state index is 0.735. The van der Waals surface area contributed by atoms with E-state index >= 15 is 0 Å². The third-order valence-corrected chi connectivity index (χ3v) is 5.13. The van der Waals surface area contributed by atoms with Crippen molar-refractivity contribution in [1.29, 1.82) is 0 Å². The molecule has 93 valence electrons. The van der Waals surface area contributed by atoms with Crippen LogP contribution in [0, 0.1) is 0 Å². The number of halogens is 1. The minimum atomic E-state index is -0.833. The molecular weight excluding hydrogens is 232 g/mol. The van der Waals surface area contributed by atoms with Crippen LogP contribution in [0.3, 0.4) is 0 Å². The highest BCUT2D eigenvalue weighted by Gasteiger charge is 2.21. The number of hydrogen-bond acceptors (Lipinski definition) is 1. The smallest absolute Gasteiger partial charge is 0.192 e. The molecule has 0 aromatic carbocycles. The first kappa shape index (κ1) is 16.3. The SMILES string of the molecule is CCB(CC)/C(CC)=C(\CN(C)C)[Si](C)Cl. The summed E-state index contributed by atoms with van der Waals surface area (Å²) in [5.41, 5.74) is 1.63. The molecule has 0 fully saturated rings. The Morgan fingerprint density at radius 2 is 1.69 bits per heavy atom. The van der Waals surface area contributed by atoms with Gasteiger partial charge in [0.2, 0.25) is 0 Å². The van der Waals surface area contributed by atoms with E-state index in [1.807, 2.05) is 0 Å². The Morgan fingerprint density at radius 3 is 1.94 bits per heavy atom. The summed E-state index contributed by atoms with van der Waals surface area (Å²) in [4.78, 5) is 2.24. The fourth-order valence-electron chi connectivity index (χ4n) is 2.28. The Kier molecular flexibility index (Phi) is 8.52. The molecule has 0 spiro atoms. The summed E-state index contributed by atoms with van der Waals surface area (Å²) in [5, 5.41) is 1.54. The van der Waals surface area contributed by atoms with Crippen molar-refractivity contribution < 1.29 is 0 Å². The molecule has 0 unspecified atom stereocenters. The fraction of sp³-hybridized carbons (Fsp3) is 0.833. The van der Waals surface area contributed by atoms with Gasteiger partial charge in [0.1, 0.15) is 0 Å². The fourth-order valence-corrected chi connectivity index (χ4v) is 4.18. The molecule has 0 aliphatic heterocycles. The monoisotopic (exact) mass is 258 g/mol. The van der Waals surface area contributed by atoms with Crippen molar-refractivity contribution >= 4 is 25.9 Å². The van der Waals surface area contributed by atoms with E-state index in [-0.39, 0.29) is 0 Å². The average molecular weight is 259 g/mol. The van der Waals surface area contributed by atoms with Gasteiger partial charge in [0.15, 0.2) is 14.8 Å². The van der Waals surface area contributed by atoms with E-state index < -0.39 is 8.11 Å². The van der Waals surface area contributed by atoms with Crippen molar-refractivity contribution in [3.05, 3.63) is 10.7 Å². The molecule has 4 heteroatoms. The van der Waals surface area contributed by atoms with Gasteiger partial charge < -0.3 is 4.90 Å². The van der Waals surface area contributed by atoms with Gasteiger partial charge in [-0.05, 0) is 20.5 Å². The van der Waals surface area contributed by atoms with Crippen molar-refractivity contribution in [2.24, 2.45) is 0 Å². The van der Waals surface area contributed by atoms with Gasteiger partial charge in [-0.2, -0.15) is 11.1 Å². The van der Waals surface area contributed by atoms with Crippen LogP contribution in [0.2, 0.25) is 19.2 Å². The number of likely N-dealkylation sites (N-methyl/N-ethyl adjacent to an activating group) is 1. The summed E-state index contributed by atoms with van der Waals surface area (Å²) >= 11 is 6.44. The summed E-state index contributed by atoms with van der Waals surface area (Å²) in [6.45, 7) is 10.8. The lowest BCUT2D eigenvalue weighted by molar-refractivity contribution is 0.451. The van der Waals surface area contributed by atoms with Crippen molar-refractivity contribution in [2.45, 2.75) is 46.4 Å². The van der Waals surface area contributed by atoms with Crippen molar-refractivity contribution in [1.82, 2.24) is 4.90 Å². The molecule has 16 heavy (non-hydrogen) atoms. The second-order valence-corrected chi connectivity index (χ2v) is 8.01.